The predicted molar refractivity (Wildman–Crippen MR) is 60.6 cm³/mol. The van der Waals surface area contributed by atoms with Gasteiger partial charge in [0.05, 0.1) is 0 Å². The highest BCUT2D eigenvalue weighted by Gasteiger charge is 2.46. The molecule has 2 aliphatic rings. The zero-order valence-corrected chi connectivity index (χ0v) is 10.1. The van der Waals surface area contributed by atoms with Crippen LogP contribution >= 0.6 is 0 Å². The monoisotopic (exact) mass is 210 g/mol. The van der Waals surface area contributed by atoms with Crippen LogP contribution in [-0.2, 0) is 4.79 Å². The molecule has 0 aliphatic carbocycles. The molecule has 3 heteroatoms. The van der Waals surface area contributed by atoms with E-state index in [0.717, 1.165) is 13.1 Å². The Bertz CT molecular complexity index is 256. The van der Waals surface area contributed by atoms with Gasteiger partial charge in [0.2, 0.25) is 5.91 Å². The zero-order chi connectivity index (χ0) is 11.1. The first-order valence-corrected chi connectivity index (χ1v) is 6.02. The summed E-state index contributed by atoms with van der Waals surface area (Å²) in [5.41, 5.74) is 0.439. The third-order valence-corrected chi connectivity index (χ3v) is 3.91. The fourth-order valence-electron chi connectivity index (χ4n) is 2.92. The lowest BCUT2D eigenvalue weighted by Crippen LogP contribution is -2.64. The first kappa shape index (κ1) is 10.9. The van der Waals surface area contributed by atoms with Crippen molar-refractivity contribution in [2.75, 3.05) is 26.2 Å². The van der Waals surface area contributed by atoms with Gasteiger partial charge in [-0.25, -0.2) is 0 Å². The highest BCUT2D eigenvalue weighted by atomic mass is 16.2. The molecule has 1 spiro atoms. The van der Waals surface area contributed by atoms with E-state index in [0.29, 0.717) is 11.5 Å². The minimum absolute atomic E-state index is 0.247. The molecule has 86 valence electrons. The van der Waals surface area contributed by atoms with Crippen LogP contribution in [0.3, 0.4) is 0 Å². The molecular formula is C12H22N2O. The topological polar surface area (TPSA) is 23.6 Å². The van der Waals surface area contributed by atoms with Crippen LogP contribution in [0.15, 0.2) is 0 Å². The van der Waals surface area contributed by atoms with E-state index in [1.165, 1.54) is 25.9 Å². The maximum atomic E-state index is 11.4. The number of carbonyl (C=O) groups is 1. The van der Waals surface area contributed by atoms with Crippen molar-refractivity contribution >= 4 is 5.91 Å². The largest absolute Gasteiger partial charge is 0.342 e. The van der Waals surface area contributed by atoms with E-state index < -0.39 is 0 Å². The first-order valence-electron chi connectivity index (χ1n) is 6.02. The smallest absolute Gasteiger partial charge is 0.219 e. The van der Waals surface area contributed by atoms with Crippen molar-refractivity contribution in [2.45, 2.75) is 39.7 Å². The fourth-order valence-corrected chi connectivity index (χ4v) is 2.92. The molecule has 15 heavy (non-hydrogen) atoms. The number of nitrogens with zero attached hydrogens (tertiary/aromatic N) is 2. The van der Waals surface area contributed by atoms with Gasteiger partial charge in [0, 0.05) is 44.6 Å². The van der Waals surface area contributed by atoms with Crippen LogP contribution in [0.4, 0.5) is 0 Å². The maximum Gasteiger partial charge on any atom is 0.219 e. The van der Waals surface area contributed by atoms with Gasteiger partial charge in [-0.3, -0.25) is 9.69 Å². The molecule has 2 saturated heterocycles. The molecular weight excluding hydrogens is 188 g/mol. The highest BCUT2D eigenvalue weighted by molar-refractivity contribution is 5.73. The first-order chi connectivity index (χ1) is 7.02. The second-order valence-corrected chi connectivity index (χ2v) is 5.54. The van der Waals surface area contributed by atoms with Gasteiger partial charge in [0.25, 0.3) is 0 Å². The average Bonchev–Trinajstić information content (AvgIpc) is 2.13. The molecule has 0 unspecified atom stereocenters. The van der Waals surface area contributed by atoms with E-state index in [1.807, 2.05) is 4.90 Å². The normalized spacial score (nSPS) is 25.7. The molecule has 3 nitrogen and oxygen atoms in total. The van der Waals surface area contributed by atoms with Crippen molar-refractivity contribution in [1.29, 1.82) is 0 Å². The molecule has 0 radical (unpaired) electrons. The summed E-state index contributed by atoms with van der Waals surface area (Å²) in [6.45, 7) is 10.5. The third-order valence-electron chi connectivity index (χ3n) is 3.91. The number of piperidine rings is 1. The van der Waals surface area contributed by atoms with Gasteiger partial charge in [-0.15, -0.1) is 0 Å². The number of hydrogen-bond donors (Lipinski definition) is 0. The lowest BCUT2D eigenvalue weighted by atomic mass is 9.72. The minimum Gasteiger partial charge on any atom is -0.342 e. The minimum atomic E-state index is 0.247. The standard InChI is InChI=1S/C12H22N2O/c1-10(2)14-8-12(9-14)5-4-6-13(7-12)11(3)15/h10H,4-9H2,1-3H3. The maximum absolute atomic E-state index is 11.4. The summed E-state index contributed by atoms with van der Waals surface area (Å²) in [6, 6.07) is 0.656. The quantitative estimate of drug-likeness (QED) is 0.652. The van der Waals surface area contributed by atoms with E-state index in [9.17, 15) is 4.79 Å². The molecule has 2 rings (SSSR count). The Morgan fingerprint density at radius 2 is 1.93 bits per heavy atom. The lowest BCUT2D eigenvalue weighted by molar-refractivity contribution is -0.138. The number of likely N-dealkylation sites (tertiary alicyclic amines) is 2. The number of hydrogen-bond acceptors (Lipinski definition) is 2. The summed E-state index contributed by atoms with van der Waals surface area (Å²) in [7, 11) is 0. The SMILES string of the molecule is CC(=O)N1CCCC2(C1)CN(C(C)C)C2. The van der Waals surface area contributed by atoms with E-state index in [4.69, 9.17) is 0 Å². The summed E-state index contributed by atoms with van der Waals surface area (Å²) in [5, 5.41) is 0. The summed E-state index contributed by atoms with van der Waals surface area (Å²) < 4.78 is 0. The van der Waals surface area contributed by atoms with E-state index in [1.54, 1.807) is 6.92 Å². The Labute approximate surface area is 92.4 Å². The number of carbonyl (C=O) groups excluding carboxylic acids is 1. The molecule has 0 aromatic rings. The molecule has 2 fully saturated rings. The van der Waals surface area contributed by atoms with Crippen LogP contribution in [0.25, 0.3) is 0 Å². The molecule has 1 amide bonds. The number of amides is 1. The van der Waals surface area contributed by atoms with Crippen molar-refractivity contribution in [2.24, 2.45) is 5.41 Å². The second kappa shape index (κ2) is 3.78. The molecule has 0 saturated carbocycles. The Balaban J connectivity index is 1.92. The van der Waals surface area contributed by atoms with Gasteiger partial charge in [-0.2, -0.15) is 0 Å². The number of rotatable bonds is 1. The van der Waals surface area contributed by atoms with Crippen molar-refractivity contribution < 1.29 is 4.79 Å². The molecule has 2 heterocycles. The highest BCUT2D eigenvalue weighted by Crippen LogP contribution is 2.39. The molecule has 2 aliphatic heterocycles. The summed E-state index contributed by atoms with van der Waals surface area (Å²) in [6.07, 6.45) is 2.49. The van der Waals surface area contributed by atoms with Crippen molar-refractivity contribution in [1.82, 2.24) is 9.80 Å². The van der Waals surface area contributed by atoms with E-state index >= 15 is 0 Å². The third kappa shape index (κ3) is 2.03. The van der Waals surface area contributed by atoms with Crippen LogP contribution in [0, 0.1) is 5.41 Å². The van der Waals surface area contributed by atoms with Crippen molar-refractivity contribution in [3.05, 3.63) is 0 Å². The zero-order valence-electron chi connectivity index (χ0n) is 10.1. The van der Waals surface area contributed by atoms with Crippen LogP contribution in [-0.4, -0.2) is 47.9 Å². The molecule has 0 aromatic carbocycles. The molecule has 0 bridgehead atoms. The molecule has 0 N–H and O–H groups in total. The molecule has 0 atom stereocenters. The predicted octanol–water partition coefficient (Wildman–Crippen LogP) is 1.34. The van der Waals surface area contributed by atoms with Crippen LogP contribution in [0.1, 0.15) is 33.6 Å². The Hall–Kier alpha value is -0.570. The Morgan fingerprint density at radius 1 is 1.27 bits per heavy atom. The lowest BCUT2D eigenvalue weighted by Gasteiger charge is -2.56. The van der Waals surface area contributed by atoms with Crippen LogP contribution < -0.4 is 0 Å². The summed E-state index contributed by atoms with van der Waals surface area (Å²) in [4.78, 5) is 15.9. The van der Waals surface area contributed by atoms with Gasteiger partial charge in [-0.1, -0.05) is 0 Å². The van der Waals surface area contributed by atoms with Gasteiger partial charge in [0.1, 0.15) is 0 Å². The van der Waals surface area contributed by atoms with Crippen molar-refractivity contribution in [3.63, 3.8) is 0 Å². The van der Waals surface area contributed by atoms with E-state index in [-0.39, 0.29) is 5.91 Å². The van der Waals surface area contributed by atoms with Crippen LogP contribution in [0.2, 0.25) is 0 Å². The van der Waals surface area contributed by atoms with Crippen molar-refractivity contribution in [3.8, 4) is 0 Å². The summed E-state index contributed by atoms with van der Waals surface area (Å²) >= 11 is 0. The Kier molecular flexibility index (Phi) is 2.75. The second-order valence-electron chi connectivity index (χ2n) is 5.54. The Morgan fingerprint density at radius 3 is 2.47 bits per heavy atom. The van der Waals surface area contributed by atoms with Gasteiger partial charge >= 0.3 is 0 Å². The average molecular weight is 210 g/mol. The van der Waals surface area contributed by atoms with Gasteiger partial charge in [-0.05, 0) is 26.7 Å². The van der Waals surface area contributed by atoms with Gasteiger partial charge in [0.15, 0.2) is 0 Å². The van der Waals surface area contributed by atoms with Crippen LogP contribution in [0.5, 0.6) is 0 Å². The van der Waals surface area contributed by atoms with Gasteiger partial charge < -0.3 is 4.90 Å². The van der Waals surface area contributed by atoms with E-state index in [2.05, 4.69) is 18.7 Å². The summed E-state index contributed by atoms with van der Waals surface area (Å²) in [5.74, 6) is 0.247. The molecule has 0 aromatic heterocycles. The fraction of sp³-hybridized carbons (Fsp3) is 0.917.